The zero-order valence-electron chi connectivity index (χ0n) is 8.79. The van der Waals surface area contributed by atoms with E-state index in [9.17, 15) is 0 Å². The van der Waals surface area contributed by atoms with Gasteiger partial charge in [0.1, 0.15) is 0 Å². The van der Waals surface area contributed by atoms with Gasteiger partial charge in [0, 0.05) is 10.4 Å². The molecule has 76 valence electrons. The molecular weight excluding hydrogens is 190 g/mol. The highest BCUT2D eigenvalue weighted by atomic mass is 32.2. The second kappa shape index (κ2) is 3.59. The van der Waals surface area contributed by atoms with Crippen molar-refractivity contribution < 1.29 is 0 Å². The Kier molecular flexibility index (Phi) is 2.58. The fourth-order valence-electron chi connectivity index (χ4n) is 2.11. The van der Waals surface area contributed by atoms with Gasteiger partial charge in [-0.15, -0.1) is 11.8 Å². The third-order valence-corrected chi connectivity index (χ3v) is 4.02. The average molecular weight is 207 g/mol. The van der Waals surface area contributed by atoms with E-state index in [1.165, 1.54) is 16.9 Å². The van der Waals surface area contributed by atoms with Crippen molar-refractivity contribution in [3.05, 3.63) is 29.8 Å². The smallest absolute Gasteiger partial charge is 0.0442 e. The molecule has 1 aliphatic carbocycles. The average Bonchev–Trinajstić information content (AvgIpc) is 2.91. The molecule has 1 saturated carbocycles. The molecule has 0 saturated heterocycles. The van der Waals surface area contributed by atoms with E-state index in [2.05, 4.69) is 37.4 Å². The van der Waals surface area contributed by atoms with Crippen molar-refractivity contribution in [1.82, 2.24) is 0 Å². The molecule has 0 bridgehead atoms. The van der Waals surface area contributed by atoms with Gasteiger partial charge in [0.05, 0.1) is 0 Å². The summed E-state index contributed by atoms with van der Waals surface area (Å²) in [6.45, 7) is 2.22. The van der Waals surface area contributed by atoms with Gasteiger partial charge in [-0.05, 0) is 36.3 Å². The summed E-state index contributed by atoms with van der Waals surface area (Å²) in [5.41, 5.74) is 7.61. The highest BCUT2D eigenvalue weighted by Gasteiger charge is 2.50. The molecule has 1 aliphatic rings. The Balaban J connectivity index is 2.18. The predicted octanol–water partition coefficient (Wildman–Crippen LogP) is 2.99. The number of nitrogens with two attached hydrogens (primary N) is 1. The first kappa shape index (κ1) is 10.1. The van der Waals surface area contributed by atoms with Crippen LogP contribution < -0.4 is 5.73 Å². The largest absolute Gasteiger partial charge is 0.321 e. The second-order valence-electron chi connectivity index (χ2n) is 4.08. The molecule has 2 atom stereocenters. The summed E-state index contributed by atoms with van der Waals surface area (Å²) in [5.74, 6) is 0.697. The van der Waals surface area contributed by atoms with Gasteiger partial charge in [0.15, 0.2) is 0 Å². The Morgan fingerprint density at radius 3 is 2.50 bits per heavy atom. The molecule has 0 spiro atoms. The molecule has 2 heteroatoms. The van der Waals surface area contributed by atoms with E-state index in [0.29, 0.717) is 5.92 Å². The number of benzene rings is 1. The summed E-state index contributed by atoms with van der Waals surface area (Å²) >= 11 is 1.77. The fourth-order valence-corrected chi connectivity index (χ4v) is 2.52. The predicted molar refractivity (Wildman–Crippen MR) is 62.5 cm³/mol. The van der Waals surface area contributed by atoms with Gasteiger partial charge in [-0.3, -0.25) is 0 Å². The number of hydrogen-bond donors (Lipinski definition) is 1. The summed E-state index contributed by atoms with van der Waals surface area (Å²) in [4.78, 5) is 1.31. The van der Waals surface area contributed by atoms with Gasteiger partial charge in [-0.2, -0.15) is 0 Å². The quantitative estimate of drug-likeness (QED) is 0.771. The van der Waals surface area contributed by atoms with Gasteiger partial charge < -0.3 is 5.73 Å². The van der Waals surface area contributed by atoms with Crippen LogP contribution >= 0.6 is 11.8 Å². The van der Waals surface area contributed by atoms with Crippen molar-refractivity contribution in [2.75, 3.05) is 6.26 Å². The number of rotatable bonds is 3. The van der Waals surface area contributed by atoms with Gasteiger partial charge in [-0.25, -0.2) is 0 Å². The highest BCUT2D eigenvalue weighted by molar-refractivity contribution is 7.98. The number of thioether (sulfide) groups is 1. The van der Waals surface area contributed by atoms with E-state index in [1.807, 2.05) is 0 Å². The lowest BCUT2D eigenvalue weighted by molar-refractivity contribution is 0.615. The molecule has 0 aromatic heterocycles. The lowest BCUT2D eigenvalue weighted by Crippen LogP contribution is -2.21. The maximum atomic E-state index is 6.31. The van der Waals surface area contributed by atoms with Crippen LogP contribution in [0.1, 0.15) is 25.3 Å². The van der Waals surface area contributed by atoms with E-state index >= 15 is 0 Å². The second-order valence-corrected chi connectivity index (χ2v) is 4.96. The highest BCUT2D eigenvalue weighted by Crippen LogP contribution is 2.51. The number of hydrogen-bond acceptors (Lipinski definition) is 2. The van der Waals surface area contributed by atoms with Crippen molar-refractivity contribution >= 4 is 11.8 Å². The van der Waals surface area contributed by atoms with Crippen molar-refractivity contribution in [3.63, 3.8) is 0 Å². The fraction of sp³-hybridized carbons (Fsp3) is 0.500. The van der Waals surface area contributed by atoms with E-state index in [-0.39, 0.29) is 5.54 Å². The first-order valence-electron chi connectivity index (χ1n) is 5.14. The van der Waals surface area contributed by atoms with Crippen LogP contribution in [0.25, 0.3) is 0 Å². The molecule has 1 aromatic carbocycles. The lowest BCUT2D eigenvalue weighted by atomic mass is 10.0. The zero-order chi connectivity index (χ0) is 10.2. The summed E-state index contributed by atoms with van der Waals surface area (Å²) in [7, 11) is 0. The minimum atomic E-state index is -0.00825. The Bertz CT molecular complexity index is 320. The van der Waals surface area contributed by atoms with E-state index in [1.54, 1.807) is 11.8 Å². The first-order chi connectivity index (χ1) is 6.70. The Labute approximate surface area is 90.1 Å². The molecule has 2 N–H and O–H groups in total. The normalized spacial score (nSPS) is 30.4. The Hall–Kier alpha value is -0.470. The van der Waals surface area contributed by atoms with Crippen LogP contribution in [0.15, 0.2) is 29.2 Å². The van der Waals surface area contributed by atoms with E-state index in [0.717, 1.165) is 6.42 Å². The van der Waals surface area contributed by atoms with Crippen LogP contribution in [-0.4, -0.2) is 6.26 Å². The van der Waals surface area contributed by atoms with Crippen LogP contribution in [0, 0.1) is 5.92 Å². The van der Waals surface area contributed by atoms with Crippen molar-refractivity contribution in [1.29, 1.82) is 0 Å². The van der Waals surface area contributed by atoms with E-state index in [4.69, 9.17) is 5.73 Å². The minimum absolute atomic E-state index is 0.00825. The van der Waals surface area contributed by atoms with Crippen molar-refractivity contribution in [3.8, 4) is 0 Å². The molecule has 14 heavy (non-hydrogen) atoms. The summed E-state index contributed by atoms with van der Waals surface area (Å²) < 4.78 is 0. The summed E-state index contributed by atoms with van der Waals surface area (Å²) in [6, 6.07) is 8.70. The summed E-state index contributed by atoms with van der Waals surface area (Å²) in [6.07, 6.45) is 4.45. The van der Waals surface area contributed by atoms with Crippen LogP contribution in [0.4, 0.5) is 0 Å². The SMILES string of the molecule is CCC1CC1(N)c1ccc(SC)cc1. The minimum Gasteiger partial charge on any atom is -0.321 e. The Morgan fingerprint density at radius 2 is 2.07 bits per heavy atom. The molecule has 2 rings (SSSR count). The lowest BCUT2D eigenvalue weighted by Gasteiger charge is -2.11. The monoisotopic (exact) mass is 207 g/mol. The third kappa shape index (κ3) is 1.57. The maximum Gasteiger partial charge on any atom is 0.0442 e. The molecule has 0 amide bonds. The van der Waals surface area contributed by atoms with E-state index < -0.39 is 0 Å². The van der Waals surface area contributed by atoms with Gasteiger partial charge in [-0.1, -0.05) is 25.5 Å². The molecule has 2 unspecified atom stereocenters. The first-order valence-corrected chi connectivity index (χ1v) is 6.36. The molecule has 0 aliphatic heterocycles. The Morgan fingerprint density at radius 1 is 1.43 bits per heavy atom. The van der Waals surface area contributed by atoms with Crippen LogP contribution in [0.3, 0.4) is 0 Å². The zero-order valence-corrected chi connectivity index (χ0v) is 9.60. The van der Waals surface area contributed by atoms with Gasteiger partial charge in [0.2, 0.25) is 0 Å². The molecule has 1 fully saturated rings. The van der Waals surface area contributed by atoms with Crippen LogP contribution in [0.5, 0.6) is 0 Å². The summed E-state index contributed by atoms with van der Waals surface area (Å²) in [5, 5.41) is 0. The third-order valence-electron chi connectivity index (χ3n) is 3.27. The maximum absolute atomic E-state index is 6.31. The van der Waals surface area contributed by atoms with Crippen LogP contribution in [-0.2, 0) is 5.54 Å². The molecule has 1 nitrogen and oxygen atoms in total. The van der Waals surface area contributed by atoms with Gasteiger partial charge >= 0.3 is 0 Å². The van der Waals surface area contributed by atoms with Crippen LogP contribution in [0.2, 0.25) is 0 Å². The molecular formula is C12H17NS. The molecule has 0 heterocycles. The molecule has 0 radical (unpaired) electrons. The van der Waals surface area contributed by atoms with Crippen molar-refractivity contribution in [2.45, 2.75) is 30.2 Å². The molecule has 1 aromatic rings. The standard InChI is InChI=1S/C12H17NS/c1-3-9-8-12(9,13)10-4-6-11(14-2)7-5-10/h4-7,9H,3,8,13H2,1-2H3. The topological polar surface area (TPSA) is 26.0 Å². The van der Waals surface area contributed by atoms with Crippen molar-refractivity contribution in [2.24, 2.45) is 11.7 Å². The van der Waals surface area contributed by atoms with Gasteiger partial charge in [0.25, 0.3) is 0 Å².